The van der Waals surface area contributed by atoms with Gasteiger partial charge in [-0.3, -0.25) is 4.79 Å². The molecule has 0 spiro atoms. The Balaban J connectivity index is 2.10. The lowest BCUT2D eigenvalue weighted by atomic mass is 10.0. The lowest BCUT2D eigenvalue weighted by molar-refractivity contribution is 0.111. The maximum Gasteiger partial charge on any atom is 0.152 e. The van der Waals surface area contributed by atoms with E-state index in [4.69, 9.17) is 9.15 Å². The third-order valence-corrected chi connectivity index (χ3v) is 3.31. The molecule has 1 saturated heterocycles. The molecule has 0 N–H and O–H groups in total. The summed E-state index contributed by atoms with van der Waals surface area (Å²) in [5.74, 6) is 0.783. The van der Waals surface area contributed by atoms with Crippen LogP contribution in [-0.2, 0) is 4.74 Å². The van der Waals surface area contributed by atoms with E-state index in [0.717, 1.165) is 36.4 Å². The van der Waals surface area contributed by atoms with Gasteiger partial charge in [-0.05, 0) is 24.3 Å². The van der Waals surface area contributed by atoms with Crippen LogP contribution in [0.5, 0.6) is 0 Å². The van der Waals surface area contributed by atoms with E-state index >= 15 is 0 Å². The molecule has 1 aromatic heterocycles. The zero-order valence-electron chi connectivity index (χ0n) is 10.5. The standard InChI is InChI=1S/C15H15NO3/c17-11-12-3-1-4-13(14-5-2-8-19-14)15(12)16-6-9-18-10-7-16/h1-5,8,11H,6-7,9-10H2. The number of nitrogens with zero attached hydrogens (tertiary/aromatic N) is 1. The monoisotopic (exact) mass is 257 g/mol. The van der Waals surface area contributed by atoms with Crippen molar-refractivity contribution < 1.29 is 13.9 Å². The van der Waals surface area contributed by atoms with Gasteiger partial charge in [0, 0.05) is 24.2 Å². The van der Waals surface area contributed by atoms with E-state index in [1.165, 1.54) is 0 Å². The van der Waals surface area contributed by atoms with Crippen LogP contribution in [0, 0.1) is 0 Å². The summed E-state index contributed by atoms with van der Waals surface area (Å²) in [6.45, 7) is 2.95. The molecule has 1 fully saturated rings. The minimum absolute atomic E-state index is 0.685. The summed E-state index contributed by atoms with van der Waals surface area (Å²) in [6.07, 6.45) is 2.54. The van der Waals surface area contributed by atoms with Crippen molar-refractivity contribution in [2.75, 3.05) is 31.2 Å². The third kappa shape index (κ3) is 2.27. The summed E-state index contributed by atoms with van der Waals surface area (Å²) in [5.41, 5.74) is 2.59. The average molecular weight is 257 g/mol. The van der Waals surface area contributed by atoms with Crippen LogP contribution >= 0.6 is 0 Å². The fourth-order valence-electron chi connectivity index (χ4n) is 2.43. The van der Waals surface area contributed by atoms with E-state index in [9.17, 15) is 4.79 Å². The van der Waals surface area contributed by atoms with Gasteiger partial charge in [0.05, 0.1) is 25.2 Å². The maximum atomic E-state index is 11.3. The molecule has 0 amide bonds. The van der Waals surface area contributed by atoms with Crippen LogP contribution in [0.25, 0.3) is 11.3 Å². The first kappa shape index (κ1) is 12.0. The second kappa shape index (κ2) is 5.28. The Bertz CT molecular complexity index is 557. The highest BCUT2D eigenvalue weighted by Gasteiger charge is 2.20. The minimum atomic E-state index is 0.685. The van der Waals surface area contributed by atoms with E-state index in [0.29, 0.717) is 18.8 Å². The molecule has 1 aromatic carbocycles. The summed E-state index contributed by atoms with van der Waals surface area (Å²) in [4.78, 5) is 13.5. The summed E-state index contributed by atoms with van der Waals surface area (Å²) < 4.78 is 10.8. The van der Waals surface area contributed by atoms with E-state index in [2.05, 4.69) is 4.90 Å². The molecule has 1 aliphatic rings. The van der Waals surface area contributed by atoms with Crippen molar-refractivity contribution in [1.29, 1.82) is 0 Å². The van der Waals surface area contributed by atoms with Crippen molar-refractivity contribution in [2.24, 2.45) is 0 Å². The van der Waals surface area contributed by atoms with Crippen molar-refractivity contribution in [3.8, 4) is 11.3 Å². The summed E-state index contributed by atoms with van der Waals surface area (Å²) in [6, 6.07) is 9.46. The number of hydrogen-bond donors (Lipinski definition) is 0. The Morgan fingerprint density at radius 2 is 1.95 bits per heavy atom. The van der Waals surface area contributed by atoms with Gasteiger partial charge in [-0.1, -0.05) is 6.07 Å². The maximum absolute atomic E-state index is 11.3. The topological polar surface area (TPSA) is 42.7 Å². The number of ether oxygens (including phenoxy) is 1. The second-order valence-electron chi connectivity index (χ2n) is 4.44. The number of carbonyl (C=O) groups is 1. The van der Waals surface area contributed by atoms with Gasteiger partial charge in [0.2, 0.25) is 0 Å². The molecule has 0 aliphatic carbocycles. The highest BCUT2D eigenvalue weighted by Crippen LogP contribution is 2.34. The van der Waals surface area contributed by atoms with Gasteiger partial charge in [-0.25, -0.2) is 0 Å². The number of aldehydes is 1. The molecule has 0 radical (unpaired) electrons. The van der Waals surface area contributed by atoms with E-state index in [1.54, 1.807) is 6.26 Å². The lowest BCUT2D eigenvalue weighted by Gasteiger charge is -2.31. The average Bonchev–Trinajstić information content (AvgIpc) is 3.01. The Kier molecular flexibility index (Phi) is 3.33. The van der Waals surface area contributed by atoms with E-state index in [1.807, 2.05) is 30.3 Å². The van der Waals surface area contributed by atoms with E-state index in [-0.39, 0.29) is 0 Å². The molecule has 2 aromatic rings. The fraction of sp³-hybridized carbons (Fsp3) is 0.267. The van der Waals surface area contributed by atoms with Crippen LogP contribution in [0.1, 0.15) is 10.4 Å². The zero-order valence-corrected chi connectivity index (χ0v) is 10.5. The van der Waals surface area contributed by atoms with Gasteiger partial charge in [-0.15, -0.1) is 0 Å². The molecule has 3 rings (SSSR count). The van der Waals surface area contributed by atoms with Crippen molar-refractivity contribution in [2.45, 2.75) is 0 Å². The number of para-hydroxylation sites is 1. The molecular weight excluding hydrogens is 242 g/mol. The predicted octanol–water partition coefficient (Wildman–Crippen LogP) is 2.60. The molecular formula is C15H15NO3. The summed E-state index contributed by atoms with van der Waals surface area (Å²) >= 11 is 0. The first-order valence-electron chi connectivity index (χ1n) is 6.35. The van der Waals surface area contributed by atoms with Crippen LogP contribution in [0.4, 0.5) is 5.69 Å². The fourth-order valence-corrected chi connectivity index (χ4v) is 2.43. The van der Waals surface area contributed by atoms with Gasteiger partial charge >= 0.3 is 0 Å². The van der Waals surface area contributed by atoms with Crippen LogP contribution in [0.2, 0.25) is 0 Å². The number of hydrogen-bond acceptors (Lipinski definition) is 4. The summed E-state index contributed by atoms with van der Waals surface area (Å²) in [5, 5.41) is 0. The van der Waals surface area contributed by atoms with Gasteiger partial charge < -0.3 is 14.1 Å². The van der Waals surface area contributed by atoms with Crippen molar-refractivity contribution >= 4 is 12.0 Å². The molecule has 1 aliphatic heterocycles. The van der Waals surface area contributed by atoms with Gasteiger partial charge in [-0.2, -0.15) is 0 Å². The molecule has 2 heterocycles. The highest BCUT2D eigenvalue weighted by atomic mass is 16.5. The van der Waals surface area contributed by atoms with Crippen LogP contribution in [0.3, 0.4) is 0 Å². The number of anilines is 1. The molecule has 4 heteroatoms. The summed E-state index contributed by atoms with van der Waals surface area (Å²) in [7, 11) is 0. The normalized spacial score (nSPS) is 15.5. The number of furan rings is 1. The number of carbonyl (C=O) groups excluding carboxylic acids is 1. The molecule has 0 unspecified atom stereocenters. The number of rotatable bonds is 3. The molecule has 0 saturated carbocycles. The largest absolute Gasteiger partial charge is 0.464 e. The van der Waals surface area contributed by atoms with Crippen LogP contribution in [0.15, 0.2) is 41.0 Å². The zero-order chi connectivity index (χ0) is 13.1. The Hall–Kier alpha value is -2.07. The molecule has 4 nitrogen and oxygen atoms in total. The smallest absolute Gasteiger partial charge is 0.152 e. The highest BCUT2D eigenvalue weighted by molar-refractivity contribution is 5.92. The Morgan fingerprint density at radius 3 is 2.63 bits per heavy atom. The molecule has 0 bridgehead atoms. The van der Waals surface area contributed by atoms with Crippen molar-refractivity contribution in [1.82, 2.24) is 0 Å². The SMILES string of the molecule is O=Cc1cccc(-c2ccco2)c1N1CCOCC1. The van der Waals surface area contributed by atoms with Crippen molar-refractivity contribution in [3.63, 3.8) is 0 Å². The number of morpholine rings is 1. The first-order valence-corrected chi connectivity index (χ1v) is 6.35. The molecule has 19 heavy (non-hydrogen) atoms. The third-order valence-electron chi connectivity index (χ3n) is 3.31. The molecule has 0 atom stereocenters. The van der Waals surface area contributed by atoms with Crippen LogP contribution in [-0.4, -0.2) is 32.6 Å². The van der Waals surface area contributed by atoms with Crippen LogP contribution < -0.4 is 4.90 Å². The number of benzene rings is 1. The Labute approximate surface area is 111 Å². The second-order valence-corrected chi connectivity index (χ2v) is 4.44. The van der Waals surface area contributed by atoms with E-state index < -0.39 is 0 Å². The Morgan fingerprint density at radius 1 is 1.11 bits per heavy atom. The quantitative estimate of drug-likeness (QED) is 0.793. The minimum Gasteiger partial charge on any atom is -0.464 e. The first-order chi connectivity index (χ1) is 9.40. The van der Waals surface area contributed by atoms with Gasteiger partial charge in [0.1, 0.15) is 5.76 Å². The van der Waals surface area contributed by atoms with Gasteiger partial charge in [0.15, 0.2) is 6.29 Å². The van der Waals surface area contributed by atoms with Crippen molar-refractivity contribution in [3.05, 3.63) is 42.2 Å². The lowest BCUT2D eigenvalue weighted by Crippen LogP contribution is -2.37. The predicted molar refractivity (Wildman–Crippen MR) is 72.6 cm³/mol. The van der Waals surface area contributed by atoms with Gasteiger partial charge in [0.25, 0.3) is 0 Å². The molecule has 98 valence electrons.